The predicted octanol–water partition coefficient (Wildman–Crippen LogP) is 5.70. The summed E-state index contributed by atoms with van der Waals surface area (Å²) in [5.41, 5.74) is 2.10. The zero-order chi connectivity index (χ0) is 18.7. The molecule has 0 N–H and O–H groups in total. The van der Waals surface area contributed by atoms with Gasteiger partial charge in [-0.25, -0.2) is 8.42 Å². The lowest BCUT2D eigenvalue weighted by molar-refractivity contribution is 0.590. The number of hydrogen-bond donors (Lipinski definition) is 0. The van der Waals surface area contributed by atoms with Gasteiger partial charge >= 0.3 is 0 Å². The van der Waals surface area contributed by atoms with Crippen LogP contribution in [0.3, 0.4) is 0 Å². The van der Waals surface area contributed by atoms with Crippen molar-refractivity contribution in [2.24, 2.45) is 0 Å². The molecule has 6 heteroatoms. The molecule has 0 aliphatic rings. The van der Waals surface area contributed by atoms with Crippen LogP contribution in [-0.2, 0) is 16.6 Å². The number of anilines is 1. The van der Waals surface area contributed by atoms with Crippen LogP contribution < -0.4 is 4.31 Å². The number of rotatable bonds is 5. The van der Waals surface area contributed by atoms with Gasteiger partial charge in [0, 0.05) is 15.6 Å². The second-order valence-corrected chi connectivity index (χ2v) is 8.54. The lowest BCUT2D eigenvalue weighted by Gasteiger charge is -2.25. The smallest absolute Gasteiger partial charge is 0.262 e. The Balaban J connectivity index is 2.11. The Morgan fingerprint density at radius 2 is 1.38 bits per heavy atom. The molecular formula is C20H17Cl2NO2S. The van der Waals surface area contributed by atoms with Gasteiger partial charge in [0.15, 0.2) is 0 Å². The SMILES string of the molecule is Cc1ccc(S(=O)(=O)N(Cc2c(Cl)cccc2Cl)c2ccccc2)cc1. The third-order valence-corrected chi connectivity index (χ3v) is 6.51. The van der Waals surface area contributed by atoms with E-state index in [0.717, 1.165) is 5.56 Å². The van der Waals surface area contributed by atoms with Gasteiger partial charge in [-0.05, 0) is 43.3 Å². The molecule has 0 aliphatic carbocycles. The molecule has 0 saturated heterocycles. The first kappa shape index (κ1) is 18.8. The number of para-hydroxylation sites is 1. The van der Waals surface area contributed by atoms with Crippen molar-refractivity contribution in [2.45, 2.75) is 18.4 Å². The van der Waals surface area contributed by atoms with Crippen LogP contribution in [0.5, 0.6) is 0 Å². The van der Waals surface area contributed by atoms with Crippen LogP contribution in [0, 0.1) is 6.92 Å². The first-order valence-corrected chi connectivity index (χ1v) is 10.2. The largest absolute Gasteiger partial charge is 0.264 e. The fraction of sp³-hybridized carbons (Fsp3) is 0.100. The van der Waals surface area contributed by atoms with Crippen LogP contribution in [0.1, 0.15) is 11.1 Å². The highest BCUT2D eigenvalue weighted by atomic mass is 35.5. The van der Waals surface area contributed by atoms with E-state index in [1.807, 2.05) is 13.0 Å². The molecule has 0 spiro atoms. The summed E-state index contributed by atoms with van der Waals surface area (Å²) in [7, 11) is -3.79. The van der Waals surface area contributed by atoms with Gasteiger partial charge in [-0.1, -0.05) is 65.2 Å². The minimum atomic E-state index is -3.79. The molecule has 0 fully saturated rings. The minimum absolute atomic E-state index is 0.0404. The van der Waals surface area contributed by atoms with Crippen molar-refractivity contribution in [3.05, 3.63) is 94.0 Å². The highest BCUT2D eigenvalue weighted by Gasteiger charge is 2.26. The standard InChI is InChI=1S/C20H17Cl2NO2S/c1-15-10-12-17(13-11-15)26(24,25)23(16-6-3-2-4-7-16)14-18-19(21)8-5-9-20(18)22/h2-13H,14H2,1H3. The summed E-state index contributed by atoms with van der Waals surface area (Å²) in [5, 5.41) is 0.857. The zero-order valence-corrected chi connectivity index (χ0v) is 16.4. The Morgan fingerprint density at radius 1 is 0.808 bits per heavy atom. The number of nitrogens with zero attached hydrogens (tertiary/aromatic N) is 1. The van der Waals surface area contributed by atoms with Crippen molar-refractivity contribution >= 4 is 38.9 Å². The van der Waals surface area contributed by atoms with Crippen molar-refractivity contribution in [1.29, 1.82) is 0 Å². The van der Waals surface area contributed by atoms with Gasteiger partial charge in [-0.3, -0.25) is 4.31 Å². The maximum absolute atomic E-state index is 13.3. The molecule has 0 amide bonds. The molecule has 0 saturated carbocycles. The van der Waals surface area contributed by atoms with Gasteiger partial charge in [0.1, 0.15) is 0 Å². The van der Waals surface area contributed by atoms with Gasteiger partial charge in [-0.2, -0.15) is 0 Å². The van der Waals surface area contributed by atoms with Gasteiger partial charge in [0.25, 0.3) is 10.0 Å². The fourth-order valence-electron chi connectivity index (χ4n) is 2.57. The Morgan fingerprint density at radius 3 is 1.96 bits per heavy atom. The molecule has 0 radical (unpaired) electrons. The van der Waals surface area contributed by atoms with Crippen LogP contribution >= 0.6 is 23.2 Å². The number of hydrogen-bond acceptors (Lipinski definition) is 2. The number of halogens is 2. The third kappa shape index (κ3) is 3.88. The molecule has 3 rings (SSSR count). The molecule has 3 nitrogen and oxygen atoms in total. The van der Waals surface area contributed by atoms with Crippen molar-refractivity contribution in [2.75, 3.05) is 4.31 Å². The van der Waals surface area contributed by atoms with Gasteiger partial charge < -0.3 is 0 Å². The second kappa shape index (κ2) is 7.70. The van der Waals surface area contributed by atoms with Crippen LogP contribution in [-0.4, -0.2) is 8.42 Å². The lowest BCUT2D eigenvalue weighted by atomic mass is 10.2. The van der Waals surface area contributed by atoms with Crippen molar-refractivity contribution < 1.29 is 8.42 Å². The molecule has 3 aromatic carbocycles. The Bertz CT molecular complexity index is 983. The number of benzene rings is 3. The van der Waals surface area contributed by atoms with E-state index in [0.29, 0.717) is 21.3 Å². The summed E-state index contributed by atoms with van der Waals surface area (Å²) in [4.78, 5) is 0.218. The number of sulfonamides is 1. The van der Waals surface area contributed by atoms with E-state index >= 15 is 0 Å². The highest BCUT2D eigenvalue weighted by Crippen LogP contribution is 2.31. The monoisotopic (exact) mass is 405 g/mol. The molecule has 134 valence electrons. The van der Waals surface area contributed by atoms with Crippen LogP contribution in [0.25, 0.3) is 0 Å². The quantitative estimate of drug-likeness (QED) is 0.545. The molecular weight excluding hydrogens is 389 g/mol. The molecule has 0 unspecified atom stereocenters. The molecule has 0 bridgehead atoms. The fourth-order valence-corrected chi connectivity index (χ4v) is 4.52. The van der Waals surface area contributed by atoms with Crippen LogP contribution in [0.2, 0.25) is 10.0 Å². The summed E-state index contributed by atoms with van der Waals surface area (Å²) in [6.07, 6.45) is 0. The summed E-state index contributed by atoms with van der Waals surface area (Å²) < 4.78 is 27.9. The third-order valence-electron chi connectivity index (χ3n) is 4.02. The van der Waals surface area contributed by atoms with Crippen LogP contribution in [0.4, 0.5) is 5.69 Å². The van der Waals surface area contributed by atoms with Crippen molar-refractivity contribution in [3.63, 3.8) is 0 Å². The summed E-state index contributed by atoms with van der Waals surface area (Å²) >= 11 is 12.5. The molecule has 0 atom stereocenters. The predicted molar refractivity (Wildman–Crippen MR) is 107 cm³/mol. The van der Waals surface area contributed by atoms with E-state index in [2.05, 4.69) is 0 Å². The lowest BCUT2D eigenvalue weighted by Crippen LogP contribution is -2.30. The van der Waals surface area contributed by atoms with E-state index < -0.39 is 10.0 Å². The molecule has 26 heavy (non-hydrogen) atoms. The van der Waals surface area contributed by atoms with E-state index in [-0.39, 0.29) is 11.4 Å². The first-order valence-electron chi connectivity index (χ1n) is 7.97. The second-order valence-electron chi connectivity index (χ2n) is 5.86. The molecule has 3 aromatic rings. The Kier molecular flexibility index (Phi) is 5.56. The minimum Gasteiger partial charge on any atom is -0.262 e. The van der Waals surface area contributed by atoms with Gasteiger partial charge in [-0.15, -0.1) is 0 Å². The average molecular weight is 406 g/mol. The van der Waals surface area contributed by atoms with E-state index in [9.17, 15) is 8.42 Å². The van der Waals surface area contributed by atoms with Crippen LogP contribution in [0.15, 0.2) is 77.7 Å². The maximum Gasteiger partial charge on any atom is 0.264 e. The summed E-state index contributed by atoms with van der Waals surface area (Å²) in [6.45, 7) is 1.95. The van der Waals surface area contributed by atoms with Gasteiger partial charge in [0.05, 0.1) is 17.1 Å². The summed E-state index contributed by atoms with van der Waals surface area (Å²) in [6, 6.07) is 20.8. The topological polar surface area (TPSA) is 37.4 Å². The van der Waals surface area contributed by atoms with E-state index in [1.54, 1.807) is 66.7 Å². The molecule has 0 heterocycles. The van der Waals surface area contributed by atoms with E-state index in [4.69, 9.17) is 23.2 Å². The zero-order valence-electron chi connectivity index (χ0n) is 14.1. The van der Waals surface area contributed by atoms with E-state index in [1.165, 1.54) is 4.31 Å². The Hall–Kier alpha value is -2.01. The maximum atomic E-state index is 13.3. The highest BCUT2D eigenvalue weighted by molar-refractivity contribution is 7.92. The molecule has 0 aromatic heterocycles. The van der Waals surface area contributed by atoms with Crippen molar-refractivity contribution in [1.82, 2.24) is 0 Å². The normalized spacial score (nSPS) is 11.3. The van der Waals surface area contributed by atoms with Crippen molar-refractivity contribution in [3.8, 4) is 0 Å². The average Bonchev–Trinajstić information content (AvgIpc) is 2.62. The Labute approximate surface area is 163 Å². The summed E-state index contributed by atoms with van der Waals surface area (Å²) in [5.74, 6) is 0. The molecule has 0 aliphatic heterocycles. The number of aryl methyl sites for hydroxylation is 1. The first-order chi connectivity index (χ1) is 12.4. The van der Waals surface area contributed by atoms with Gasteiger partial charge in [0.2, 0.25) is 0 Å².